The Morgan fingerprint density at radius 2 is 1.94 bits per heavy atom. The van der Waals surface area contributed by atoms with Crippen molar-refractivity contribution in [1.82, 2.24) is 10.3 Å². The molecule has 0 radical (unpaired) electrons. The molecule has 0 aliphatic rings. The normalized spacial score (nSPS) is 10.1. The maximum atomic E-state index is 11.6. The molecule has 2 aromatic rings. The van der Waals surface area contributed by atoms with Gasteiger partial charge in [0, 0.05) is 25.4 Å². The first kappa shape index (κ1) is 11.5. The molecular formula is C14H16N2O. The fourth-order valence-electron chi connectivity index (χ4n) is 1.66. The van der Waals surface area contributed by atoms with Crippen LogP contribution >= 0.6 is 0 Å². The summed E-state index contributed by atoms with van der Waals surface area (Å²) in [5.74, 6) is 0.0926. The number of aryl methyl sites for hydroxylation is 1. The summed E-state index contributed by atoms with van der Waals surface area (Å²) < 4.78 is 0. The molecule has 2 rings (SSSR count). The van der Waals surface area contributed by atoms with Crippen LogP contribution in [0.15, 0.2) is 48.8 Å². The molecule has 1 heterocycles. The Bertz CT molecular complexity index is 448. The van der Waals surface area contributed by atoms with Crippen molar-refractivity contribution in [3.63, 3.8) is 0 Å². The Balaban J connectivity index is 1.71. The maximum absolute atomic E-state index is 11.6. The molecular weight excluding hydrogens is 212 g/mol. The molecule has 0 saturated carbocycles. The number of amides is 1. The number of benzene rings is 1. The predicted octanol–water partition coefficient (Wildman–Crippen LogP) is 2.26. The molecule has 1 amide bonds. The lowest BCUT2D eigenvalue weighted by Gasteiger charge is -2.03. The zero-order valence-corrected chi connectivity index (χ0v) is 9.65. The average molecular weight is 228 g/mol. The molecule has 88 valence electrons. The highest BCUT2D eigenvalue weighted by Crippen LogP contribution is 2.02. The van der Waals surface area contributed by atoms with Crippen LogP contribution in [0.2, 0.25) is 0 Å². The summed E-state index contributed by atoms with van der Waals surface area (Å²) in [5, 5.41) is 2.90. The molecule has 0 spiro atoms. The molecule has 3 nitrogen and oxygen atoms in total. The molecule has 0 fully saturated rings. The molecule has 1 aromatic heterocycles. The van der Waals surface area contributed by atoms with Crippen molar-refractivity contribution in [1.29, 1.82) is 0 Å². The number of carbonyl (C=O) groups is 1. The predicted molar refractivity (Wildman–Crippen MR) is 67.4 cm³/mol. The highest BCUT2D eigenvalue weighted by Gasteiger charge is 2.02. The Kier molecular flexibility index (Phi) is 3.97. The molecule has 0 saturated heterocycles. The average Bonchev–Trinajstić information content (AvgIpc) is 2.88. The maximum Gasteiger partial charge on any atom is 0.220 e. The molecule has 0 aliphatic carbocycles. The zero-order valence-electron chi connectivity index (χ0n) is 9.65. The van der Waals surface area contributed by atoms with Gasteiger partial charge in [-0.25, -0.2) is 0 Å². The van der Waals surface area contributed by atoms with Crippen molar-refractivity contribution in [2.24, 2.45) is 0 Å². The quantitative estimate of drug-likeness (QED) is 0.810. The lowest BCUT2D eigenvalue weighted by Crippen LogP contribution is -2.22. The van der Waals surface area contributed by atoms with Gasteiger partial charge in [-0.15, -0.1) is 0 Å². The highest BCUT2D eigenvalue weighted by atomic mass is 16.1. The van der Waals surface area contributed by atoms with Crippen LogP contribution in [-0.2, 0) is 17.8 Å². The molecule has 17 heavy (non-hydrogen) atoms. The third-order valence-electron chi connectivity index (χ3n) is 2.64. The number of rotatable bonds is 5. The van der Waals surface area contributed by atoms with E-state index in [0.29, 0.717) is 13.0 Å². The van der Waals surface area contributed by atoms with Crippen molar-refractivity contribution in [3.05, 3.63) is 59.9 Å². The van der Waals surface area contributed by atoms with Gasteiger partial charge in [0.25, 0.3) is 0 Å². The summed E-state index contributed by atoms with van der Waals surface area (Å²) in [4.78, 5) is 14.6. The monoisotopic (exact) mass is 228 g/mol. The van der Waals surface area contributed by atoms with Gasteiger partial charge in [-0.1, -0.05) is 30.3 Å². The van der Waals surface area contributed by atoms with E-state index in [-0.39, 0.29) is 5.91 Å². The Hall–Kier alpha value is -2.03. The highest BCUT2D eigenvalue weighted by molar-refractivity contribution is 5.76. The number of aromatic amines is 1. The molecule has 0 atom stereocenters. The summed E-state index contributed by atoms with van der Waals surface area (Å²) in [6.07, 6.45) is 5.07. The van der Waals surface area contributed by atoms with Crippen molar-refractivity contribution < 1.29 is 4.79 Å². The second kappa shape index (κ2) is 5.89. The summed E-state index contributed by atoms with van der Waals surface area (Å²) in [6.45, 7) is 0.594. The van der Waals surface area contributed by atoms with Crippen LogP contribution in [0.1, 0.15) is 17.5 Å². The van der Waals surface area contributed by atoms with E-state index in [0.717, 1.165) is 12.0 Å². The Morgan fingerprint density at radius 1 is 1.12 bits per heavy atom. The number of hydrogen-bond acceptors (Lipinski definition) is 1. The van der Waals surface area contributed by atoms with E-state index in [9.17, 15) is 4.79 Å². The number of carbonyl (C=O) groups excluding carboxylic acids is 1. The van der Waals surface area contributed by atoms with Crippen LogP contribution in [0, 0.1) is 0 Å². The van der Waals surface area contributed by atoms with Crippen molar-refractivity contribution >= 4 is 5.91 Å². The van der Waals surface area contributed by atoms with Crippen LogP contribution in [0.4, 0.5) is 0 Å². The van der Waals surface area contributed by atoms with E-state index >= 15 is 0 Å². The first-order chi connectivity index (χ1) is 8.34. The molecule has 0 aliphatic heterocycles. The number of hydrogen-bond donors (Lipinski definition) is 2. The topological polar surface area (TPSA) is 44.9 Å². The van der Waals surface area contributed by atoms with Crippen LogP contribution in [0.5, 0.6) is 0 Å². The Labute approximate surface area is 101 Å². The summed E-state index contributed by atoms with van der Waals surface area (Å²) in [5.41, 5.74) is 2.29. The first-order valence-electron chi connectivity index (χ1n) is 5.77. The number of aromatic nitrogens is 1. The Morgan fingerprint density at radius 3 is 2.65 bits per heavy atom. The summed E-state index contributed by atoms with van der Waals surface area (Å²) in [7, 11) is 0. The third-order valence-corrected chi connectivity index (χ3v) is 2.64. The molecule has 1 aromatic carbocycles. The first-order valence-corrected chi connectivity index (χ1v) is 5.77. The van der Waals surface area contributed by atoms with Crippen LogP contribution in [0.25, 0.3) is 0 Å². The minimum absolute atomic E-state index is 0.0926. The standard InChI is InChI=1S/C14H16N2O/c17-14(16-11-13-8-9-15-10-13)7-6-12-4-2-1-3-5-12/h1-5,8-10,15H,6-7,11H2,(H,16,17). The van der Waals surface area contributed by atoms with Crippen LogP contribution in [-0.4, -0.2) is 10.9 Å². The lowest BCUT2D eigenvalue weighted by atomic mass is 10.1. The largest absolute Gasteiger partial charge is 0.367 e. The molecule has 0 unspecified atom stereocenters. The molecule has 0 bridgehead atoms. The van der Waals surface area contributed by atoms with E-state index < -0.39 is 0 Å². The van der Waals surface area contributed by atoms with E-state index in [1.807, 2.05) is 48.8 Å². The SMILES string of the molecule is O=C(CCc1ccccc1)NCc1cc[nH]c1. The zero-order chi connectivity index (χ0) is 11.9. The van der Waals surface area contributed by atoms with Crippen LogP contribution in [0.3, 0.4) is 0 Å². The van der Waals surface area contributed by atoms with E-state index in [1.54, 1.807) is 0 Å². The van der Waals surface area contributed by atoms with Crippen molar-refractivity contribution in [2.75, 3.05) is 0 Å². The van der Waals surface area contributed by atoms with Gasteiger partial charge < -0.3 is 10.3 Å². The fraction of sp³-hybridized carbons (Fsp3) is 0.214. The molecule has 3 heteroatoms. The van der Waals surface area contributed by atoms with E-state index in [1.165, 1.54) is 5.56 Å². The van der Waals surface area contributed by atoms with E-state index in [2.05, 4.69) is 10.3 Å². The third kappa shape index (κ3) is 3.79. The minimum Gasteiger partial charge on any atom is -0.367 e. The van der Waals surface area contributed by atoms with Gasteiger partial charge in [-0.05, 0) is 23.6 Å². The number of nitrogens with one attached hydrogen (secondary N) is 2. The lowest BCUT2D eigenvalue weighted by molar-refractivity contribution is -0.121. The van der Waals surface area contributed by atoms with Crippen molar-refractivity contribution in [2.45, 2.75) is 19.4 Å². The fourth-order valence-corrected chi connectivity index (χ4v) is 1.66. The van der Waals surface area contributed by atoms with Gasteiger partial charge in [0.15, 0.2) is 0 Å². The van der Waals surface area contributed by atoms with Gasteiger partial charge in [0.05, 0.1) is 0 Å². The second-order valence-corrected chi connectivity index (χ2v) is 3.98. The molecule has 2 N–H and O–H groups in total. The van der Waals surface area contributed by atoms with Crippen molar-refractivity contribution in [3.8, 4) is 0 Å². The van der Waals surface area contributed by atoms with Gasteiger partial charge in [0.1, 0.15) is 0 Å². The van der Waals surface area contributed by atoms with Gasteiger partial charge in [0.2, 0.25) is 5.91 Å². The van der Waals surface area contributed by atoms with Gasteiger partial charge in [-0.2, -0.15) is 0 Å². The summed E-state index contributed by atoms with van der Waals surface area (Å²) in [6, 6.07) is 12.0. The minimum atomic E-state index is 0.0926. The van der Waals surface area contributed by atoms with Gasteiger partial charge >= 0.3 is 0 Å². The van der Waals surface area contributed by atoms with E-state index in [4.69, 9.17) is 0 Å². The van der Waals surface area contributed by atoms with Crippen LogP contribution < -0.4 is 5.32 Å². The second-order valence-electron chi connectivity index (χ2n) is 3.98. The summed E-state index contributed by atoms with van der Waals surface area (Å²) >= 11 is 0. The number of H-pyrrole nitrogens is 1. The smallest absolute Gasteiger partial charge is 0.220 e. The van der Waals surface area contributed by atoms with Gasteiger partial charge in [-0.3, -0.25) is 4.79 Å².